The summed E-state index contributed by atoms with van der Waals surface area (Å²) in [6.45, 7) is 2.20. The Morgan fingerprint density at radius 3 is 3.17 bits per heavy atom. The lowest BCUT2D eigenvalue weighted by Gasteiger charge is -2.00. The highest BCUT2D eigenvalue weighted by Crippen LogP contribution is 1.93. The molecule has 60 valence electrons. The third-order valence-electron chi connectivity index (χ3n) is 2.27. The number of fused-ring (bicyclic) bond motifs is 1. The third kappa shape index (κ3) is 1.11. The quantitative estimate of drug-likeness (QED) is 0.576. The van der Waals surface area contributed by atoms with Gasteiger partial charge in [0.15, 0.2) is 0 Å². The van der Waals surface area contributed by atoms with Gasteiger partial charge in [-0.2, -0.15) is 0 Å². The Balaban J connectivity index is 2.88. The van der Waals surface area contributed by atoms with Crippen molar-refractivity contribution in [3.05, 3.63) is 40.3 Å². The van der Waals surface area contributed by atoms with E-state index in [2.05, 4.69) is 43.0 Å². The Morgan fingerprint density at radius 2 is 2.33 bits per heavy atom. The lowest BCUT2D eigenvalue weighted by Crippen LogP contribution is -2.28. The summed E-state index contributed by atoms with van der Waals surface area (Å²) in [4.78, 5) is 0. The maximum Gasteiger partial charge on any atom is 0.0233 e. The van der Waals surface area contributed by atoms with Gasteiger partial charge in [0, 0.05) is 5.22 Å². The van der Waals surface area contributed by atoms with Crippen LogP contribution in [0.3, 0.4) is 0 Å². The minimum atomic E-state index is 1.03. The van der Waals surface area contributed by atoms with Crippen LogP contribution in [0, 0.1) is 0 Å². The molecule has 0 nitrogen and oxygen atoms in total. The zero-order valence-corrected chi connectivity index (χ0v) is 7.30. The summed E-state index contributed by atoms with van der Waals surface area (Å²) in [5.74, 6) is 0. The van der Waals surface area contributed by atoms with Gasteiger partial charge >= 0.3 is 0 Å². The van der Waals surface area contributed by atoms with Crippen molar-refractivity contribution in [3.8, 4) is 0 Å². The van der Waals surface area contributed by atoms with Crippen LogP contribution >= 0.6 is 0 Å². The summed E-state index contributed by atoms with van der Waals surface area (Å²) in [5, 5.41) is 2.64. The molecule has 0 atom stereocenters. The maximum absolute atomic E-state index is 3.28. The van der Waals surface area contributed by atoms with Gasteiger partial charge in [0.2, 0.25) is 0 Å². The van der Waals surface area contributed by atoms with Crippen molar-refractivity contribution in [3.63, 3.8) is 0 Å². The van der Waals surface area contributed by atoms with Crippen molar-refractivity contribution in [2.24, 2.45) is 0 Å². The predicted octanol–water partition coefficient (Wildman–Crippen LogP) is 1.37. The molecule has 0 spiro atoms. The van der Waals surface area contributed by atoms with E-state index in [1.165, 1.54) is 16.0 Å². The average molecular weight is 156 g/mol. The van der Waals surface area contributed by atoms with Crippen LogP contribution in [0.2, 0.25) is 0 Å². The Morgan fingerprint density at radius 1 is 1.42 bits per heavy atom. The Hall–Kier alpha value is -1.26. The minimum absolute atomic E-state index is 1.03. The molecule has 0 saturated heterocycles. The molecule has 1 aromatic carbocycles. The van der Waals surface area contributed by atoms with Crippen molar-refractivity contribution < 1.29 is 0 Å². The second-order valence-electron chi connectivity index (χ2n) is 3.02. The number of hydrogen-bond acceptors (Lipinski definition) is 0. The van der Waals surface area contributed by atoms with Crippen LogP contribution < -0.4 is 10.4 Å². The second-order valence-corrected chi connectivity index (χ2v) is 3.02. The average Bonchev–Trinajstić information content (AvgIpc) is 2.17. The van der Waals surface area contributed by atoms with Crippen LogP contribution in [0.4, 0.5) is 0 Å². The summed E-state index contributed by atoms with van der Waals surface area (Å²) >= 11 is 0. The van der Waals surface area contributed by atoms with Crippen LogP contribution in [-0.2, 0) is 6.42 Å². The fourth-order valence-electron chi connectivity index (χ4n) is 1.63. The van der Waals surface area contributed by atoms with Crippen molar-refractivity contribution in [2.45, 2.75) is 19.8 Å². The first-order valence-corrected chi connectivity index (χ1v) is 4.45. The molecule has 2 rings (SSSR count). The van der Waals surface area contributed by atoms with Gasteiger partial charge < -0.3 is 0 Å². The van der Waals surface area contributed by atoms with Crippen molar-refractivity contribution in [1.29, 1.82) is 0 Å². The third-order valence-corrected chi connectivity index (χ3v) is 2.27. The van der Waals surface area contributed by atoms with E-state index in [-0.39, 0.29) is 0 Å². The maximum atomic E-state index is 3.28. The molecule has 0 radical (unpaired) electrons. The van der Waals surface area contributed by atoms with Crippen LogP contribution in [0.1, 0.15) is 18.9 Å². The molecule has 0 heteroatoms. The first-order valence-electron chi connectivity index (χ1n) is 4.45. The highest BCUT2D eigenvalue weighted by Gasteiger charge is 1.94. The Kier molecular flexibility index (Phi) is 1.85. The summed E-state index contributed by atoms with van der Waals surface area (Å²) in [6.07, 6.45) is 6.51. The monoisotopic (exact) mass is 156 g/mol. The van der Waals surface area contributed by atoms with Crippen LogP contribution in [-0.4, -0.2) is 0 Å². The van der Waals surface area contributed by atoms with Crippen molar-refractivity contribution in [2.75, 3.05) is 0 Å². The number of hydrogen-bond donors (Lipinski definition) is 0. The van der Waals surface area contributed by atoms with Crippen LogP contribution in [0.5, 0.6) is 0 Å². The van der Waals surface area contributed by atoms with Crippen molar-refractivity contribution >= 4 is 11.8 Å². The van der Waals surface area contributed by atoms with E-state index in [4.69, 9.17) is 0 Å². The van der Waals surface area contributed by atoms with E-state index in [1.807, 2.05) is 0 Å². The molecule has 0 amide bonds. The highest BCUT2D eigenvalue weighted by atomic mass is 14.0. The Labute approximate surface area is 72.5 Å². The lowest BCUT2D eigenvalue weighted by molar-refractivity contribution is 1.11. The van der Waals surface area contributed by atoms with E-state index in [0.717, 1.165) is 12.8 Å². The summed E-state index contributed by atoms with van der Waals surface area (Å²) < 4.78 is 0. The number of allylic oxidation sites excluding steroid dienone is 1. The Bertz CT molecular complexity index is 432. The molecule has 0 heterocycles. The zero-order valence-electron chi connectivity index (χ0n) is 7.30. The molecule has 0 saturated carbocycles. The molecule has 0 fully saturated rings. The normalized spacial score (nSPS) is 13.1. The van der Waals surface area contributed by atoms with Crippen LogP contribution in [0.15, 0.2) is 24.3 Å². The number of aryl methyl sites for hydroxylation is 1. The van der Waals surface area contributed by atoms with Gasteiger partial charge in [-0.3, -0.25) is 0 Å². The van der Waals surface area contributed by atoms with E-state index in [9.17, 15) is 0 Å². The molecular weight excluding hydrogens is 144 g/mol. The zero-order chi connectivity index (χ0) is 8.39. The summed E-state index contributed by atoms with van der Waals surface area (Å²) in [6, 6.07) is 6.43. The molecule has 1 aliphatic carbocycles. The van der Waals surface area contributed by atoms with Gasteiger partial charge in [0.25, 0.3) is 0 Å². The van der Waals surface area contributed by atoms with Crippen LogP contribution in [0.25, 0.3) is 11.8 Å². The molecule has 0 unspecified atom stereocenters. The topological polar surface area (TPSA) is 0 Å². The van der Waals surface area contributed by atoms with Gasteiger partial charge in [-0.15, -0.1) is 5.73 Å². The highest BCUT2D eigenvalue weighted by molar-refractivity contribution is 5.41. The molecule has 1 aromatic rings. The molecule has 0 aromatic heterocycles. The molecule has 0 bridgehead atoms. The second kappa shape index (κ2) is 3.00. The van der Waals surface area contributed by atoms with Gasteiger partial charge in [-0.1, -0.05) is 25.1 Å². The molecule has 0 aliphatic heterocycles. The van der Waals surface area contributed by atoms with Gasteiger partial charge in [0.1, 0.15) is 0 Å². The van der Waals surface area contributed by atoms with E-state index >= 15 is 0 Å². The summed E-state index contributed by atoms with van der Waals surface area (Å²) in [7, 11) is 0. The first-order chi connectivity index (χ1) is 5.92. The SMILES string of the molecule is CCc1cccc2c1=CCC=C=2. The van der Waals surface area contributed by atoms with Crippen molar-refractivity contribution in [1.82, 2.24) is 0 Å². The fraction of sp³-hybridized carbons (Fsp3) is 0.250. The van der Waals surface area contributed by atoms with E-state index in [0.29, 0.717) is 0 Å². The lowest BCUT2D eigenvalue weighted by atomic mass is 10.0. The van der Waals surface area contributed by atoms with E-state index in [1.54, 1.807) is 0 Å². The minimum Gasteiger partial charge on any atom is -0.116 e. The number of rotatable bonds is 1. The molecule has 0 N–H and O–H groups in total. The van der Waals surface area contributed by atoms with Gasteiger partial charge in [-0.05, 0) is 35.8 Å². The van der Waals surface area contributed by atoms with Gasteiger partial charge in [0.05, 0.1) is 0 Å². The largest absolute Gasteiger partial charge is 0.116 e. The number of benzene rings is 1. The first kappa shape index (κ1) is 7.39. The molecular formula is C12H12. The van der Waals surface area contributed by atoms with E-state index < -0.39 is 0 Å². The van der Waals surface area contributed by atoms with Gasteiger partial charge in [-0.25, -0.2) is 0 Å². The standard InChI is InChI=1S/C12H12/c1-2-10-7-5-8-11-6-3-4-9-12(10)11/h3,5,7-9H,2,4H2,1H3. The molecule has 12 heavy (non-hydrogen) atoms. The summed E-state index contributed by atoms with van der Waals surface area (Å²) in [5.41, 5.74) is 4.72. The molecule has 1 aliphatic rings. The fourth-order valence-corrected chi connectivity index (χ4v) is 1.63. The smallest absolute Gasteiger partial charge is 0.0233 e. The predicted molar refractivity (Wildman–Crippen MR) is 52.1 cm³/mol.